The van der Waals surface area contributed by atoms with Crippen molar-refractivity contribution in [1.82, 2.24) is 20.2 Å². The zero-order valence-electron chi connectivity index (χ0n) is 17.8. The van der Waals surface area contributed by atoms with Crippen molar-refractivity contribution in [3.8, 4) is 0 Å². The van der Waals surface area contributed by atoms with Gasteiger partial charge in [0.25, 0.3) is 0 Å². The summed E-state index contributed by atoms with van der Waals surface area (Å²) in [5, 5.41) is 6.61. The highest BCUT2D eigenvalue weighted by molar-refractivity contribution is 7.91. The van der Waals surface area contributed by atoms with Gasteiger partial charge in [-0.05, 0) is 44.4 Å². The van der Waals surface area contributed by atoms with E-state index in [9.17, 15) is 13.2 Å². The fourth-order valence-electron chi connectivity index (χ4n) is 4.25. The number of benzene rings is 1. The number of hydrogen-bond acceptors (Lipinski definition) is 7. The maximum absolute atomic E-state index is 12.8. The number of aromatic nitrogens is 2. The zero-order chi connectivity index (χ0) is 21.8. The summed E-state index contributed by atoms with van der Waals surface area (Å²) in [6.07, 6.45) is 3.33. The molecule has 31 heavy (non-hydrogen) atoms. The van der Waals surface area contributed by atoms with E-state index in [0.717, 1.165) is 42.3 Å². The van der Waals surface area contributed by atoms with Crippen LogP contribution in [0.3, 0.4) is 0 Å². The fourth-order valence-corrected chi connectivity index (χ4v) is 5.58. The molecule has 8 nitrogen and oxygen atoms in total. The monoisotopic (exact) mass is 443 g/mol. The van der Waals surface area contributed by atoms with Crippen molar-refractivity contribution in [3.05, 3.63) is 47.4 Å². The summed E-state index contributed by atoms with van der Waals surface area (Å²) >= 11 is 0. The summed E-state index contributed by atoms with van der Waals surface area (Å²) in [7, 11) is -1.51. The summed E-state index contributed by atoms with van der Waals surface area (Å²) < 4.78 is 24.9. The number of rotatable bonds is 7. The molecule has 2 aliphatic rings. The molecule has 0 unspecified atom stereocenters. The van der Waals surface area contributed by atoms with Crippen LogP contribution in [0.2, 0.25) is 0 Å². The first-order valence-corrected chi connectivity index (χ1v) is 12.5. The van der Waals surface area contributed by atoms with Crippen molar-refractivity contribution in [1.29, 1.82) is 0 Å². The van der Waals surface area contributed by atoms with Gasteiger partial charge in [-0.3, -0.25) is 4.79 Å². The quantitative estimate of drug-likeness (QED) is 0.675. The zero-order valence-corrected chi connectivity index (χ0v) is 18.6. The van der Waals surface area contributed by atoms with Crippen LogP contribution in [0.1, 0.15) is 48.8 Å². The largest absolute Gasteiger partial charge is 0.373 e. The second-order valence-electron chi connectivity index (χ2n) is 8.06. The van der Waals surface area contributed by atoms with Gasteiger partial charge in [-0.25, -0.2) is 18.4 Å². The minimum Gasteiger partial charge on any atom is -0.373 e. The molecule has 2 aliphatic heterocycles. The normalized spacial score (nSPS) is 18.6. The SMILES string of the molecule is CNc1nc([C@H]2CCCN2)nc2c1CCN(C(=O)CCCS(=O)(=O)c1ccccc1)C2. The van der Waals surface area contributed by atoms with Gasteiger partial charge in [0, 0.05) is 25.6 Å². The van der Waals surface area contributed by atoms with Crippen LogP contribution in [0, 0.1) is 0 Å². The van der Waals surface area contributed by atoms with Crippen LogP contribution in [0.25, 0.3) is 0 Å². The van der Waals surface area contributed by atoms with Crippen LogP contribution < -0.4 is 10.6 Å². The number of nitrogens with zero attached hydrogens (tertiary/aromatic N) is 3. The molecule has 4 rings (SSSR count). The lowest BCUT2D eigenvalue weighted by molar-refractivity contribution is -0.132. The molecule has 2 aromatic rings. The topological polar surface area (TPSA) is 104 Å². The Bertz CT molecular complexity index is 1040. The highest BCUT2D eigenvalue weighted by atomic mass is 32.2. The second kappa shape index (κ2) is 9.32. The Kier molecular flexibility index (Phi) is 6.52. The number of hydrogen-bond donors (Lipinski definition) is 2. The van der Waals surface area contributed by atoms with E-state index in [2.05, 4.69) is 10.6 Å². The first-order chi connectivity index (χ1) is 15.0. The lowest BCUT2D eigenvalue weighted by Crippen LogP contribution is -2.37. The Morgan fingerprint density at radius 3 is 2.77 bits per heavy atom. The van der Waals surface area contributed by atoms with Gasteiger partial charge in [-0.15, -0.1) is 0 Å². The molecule has 1 atom stereocenters. The Hall–Kier alpha value is -2.52. The number of amides is 1. The first kappa shape index (κ1) is 21.7. The third-order valence-electron chi connectivity index (χ3n) is 5.95. The third-order valence-corrected chi connectivity index (χ3v) is 7.77. The van der Waals surface area contributed by atoms with Gasteiger partial charge in [-0.2, -0.15) is 0 Å². The molecule has 0 bridgehead atoms. The predicted molar refractivity (Wildman–Crippen MR) is 118 cm³/mol. The number of nitrogens with one attached hydrogen (secondary N) is 2. The van der Waals surface area contributed by atoms with E-state index in [-0.39, 0.29) is 24.1 Å². The lowest BCUT2D eigenvalue weighted by Gasteiger charge is -2.30. The number of anilines is 1. The number of carbonyl (C=O) groups is 1. The molecular formula is C22H29N5O3S. The van der Waals surface area contributed by atoms with Crippen molar-refractivity contribution < 1.29 is 13.2 Å². The van der Waals surface area contributed by atoms with Crippen LogP contribution >= 0.6 is 0 Å². The van der Waals surface area contributed by atoms with Gasteiger partial charge in [-0.1, -0.05) is 18.2 Å². The molecule has 0 saturated carbocycles. The maximum Gasteiger partial charge on any atom is 0.222 e. The highest BCUT2D eigenvalue weighted by Gasteiger charge is 2.28. The van der Waals surface area contributed by atoms with Gasteiger partial charge in [0.1, 0.15) is 11.6 Å². The lowest BCUT2D eigenvalue weighted by atomic mass is 10.0. The summed E-state index contributed by atoms with van der Waals surface area (Å²) in [6.45, 7) is 2.00. The average molecular weight is 444 g/mol. The second-order valence-corrected chi connectivity index (χ2v) is 10.2. The molecule has 3 heterocycles. The van der Waals surface area contributed by atoms with Gasteiger partial charge in [0.05, 0.1) is 28.9 Å². The van der Waals surface area contributed by atoms with Crippen LogP contribution in [-0.2, 0) is 27.6 Å². The molecule has 0 aliphatic carbocycles. The third kappa shape index (κ3) is 4.88. The number of sulfone groups is 1. The number of carbonyl (C=O) groups excluding carboxylic acids is 1. The molecule has 0 radical (unpaired) electrons. The molecule has 9 heteroatoms. The van der Waals surface area contributed by atoms with Crippen LogP contribution in [0.5, 0.6) is 0 Å². The highest BCUT2D eigenvalue weighted by Crippen LogP contribution is 2.28. The molecule has 1 fully saturated rings. The summed E-state index contributed by atoms with van der Waals surface area (Å²) in [6, 6.07) is 8.54. The predicted octanol–water partition coefficient (Wildman–Crippen LogP) is 2.08. The minimum atomic E-state index is -3.37. The molecule has 166 valence electrons. The van der Waals surface area contributed by atoms with E-state index < -0.39 is 9.84 Å². The Morgan fingerprint density at radius 1 is 1.26 bits per heavy atom. The minimum absolute atomic E-state index is 0.0286. The fraction of sp³-hybridized carbons (Fsp3) is 0.500. The molecule has 1 aromatic heterocycles. The Balaban J connectivity index is 1.40. The van der Waals surface area contributed by atoms with Crippen molar-refractivity contribution in [2.75, 3.05) is 31.2 Å². The van der Waals surface area contributed by atoms with Gasteiger partial charge in [0.2, 0.25) is 5.91 Å². The molecular weight excluding hydrogens is 414 g/mol. The number of fused-ring (bicyclic) bond motifs is 1. The molecule has 1 aromatic carbocycles. The van der Waals surface area contributed by atoms with Crippen LogP contribution in [0.15, 0.2) is 35.2 Å². The van der Waals surface area contributed by atoms with E-state index in [0.29, 0.717) is 30.8 Å². The summed E-state index contributed by atoms with van der Waals surface area (Å²) in [5.74, 6) is 1.56. The molecule has 1 amide bonds. The van der Waals surface area contributed by atoms with Crippen molar-refractivity contribution in [3.63, 3.8) is 0 Å². The molecule has 2 N–H and O–H groups in total. The average Bonchev–Trinajstić information content (AvgIpc) is 3.33. The van der Waals surface area contributed by atoms with E-state index in [1.54, 1.807) is 35.2 Å². The van der Waals surface area contributed by atoms with E-state index in [4.69, 9.17) is 9.97 Å². The maximum atomic E-state index is 12.8. The first-order valence-electron chi connectivity index (χ1n) is 10.8. The molecule has 0 spiro atoms. The Morgan fingerprint density at radius 2 is 2.06 bits per heavy atom. The van der Waals surface area contributed by atoms with Crippen LogP contribution in [0.4, 0.5) is 5.82 Å². The van der Waals surface area contributed by atoms with Gasteiger partial charge in [0.15, 0.2) is 9.84 Å². The van der Waals surface area contributed by atoms with Gasteiger partial charge >= 0.3 is 0 Å². The van der Waals surface area contributed by atoms with Crippen molar-refractivity contribution in [2.24, 2.45) is 0 Å². The molecule has 1 saturated heterocycles. The summed E-state index contributed by atoms with van der Waals surface area (Å²) in [4.78, 5) is 24.4. The Labute approximate surface area is 183 Å². The van der Waals surface area contributed by atoms with E-state index in [1.165, 1.54) is 0 Å². The standard InChI is InChI=1S/C22H29N5O3S/c1-23-21-17-11-13-27(15-19(17)25-22(26-21)18-9-5-12-24-18)20(28)10-6-14-31(29,30)16-7-3-2-4-8-16/h2-4,7-8,18,24H,5-6,9-15H2,1H3,(H,23,25,26)/t18-/m1/s1. The smallest absolute Gasteiger partial charge is 0.222 e. The van der Waals surface area contributed by atoms with E-state index >= 15 is 0 Å². The van der Waals surface area contributed by atoms with Gasteiger partial charge < -0.3 is 15.5 Å². The van der Waals surface area contributed by atoms with Crippen molar-refractivity contribution >= 4 is 21.6 Å². The van der Waals surface area contributed by atoms with Crippen LogP contribution in [-0.4, -0.2) is 55.1 Å². The summed E-state index contributed by atoms with van der Waals surface area (Å²) in [5.41, 5.74) is 1.96. The van der Waals surface area contributed by atoms with E-state index in [1.807, 2.05) is 7.05 Å². The van der Waals surface area contributed by atoms with Crippen molar-refractivity contribution in [2.45, 2.75) is 49.6 Å².